The van der Waals surface area contributed by atoms with Crippen LogP contribution < -0.4 is 0 Å². The summed E-state index contributed by atoms with van der Waals surface area (Å²) in [7, 11) is 0. The summed E-state index contributed by atoms with van der Waals surface area (Å²) in [6.45, 7) is 0. The number of pyridine rings is 1. The van der Waals surface area contributed by atoms with Gasteiger partial charge in [-0.1, -0.05) is 0 Å². The minimum absolute atomic E-state index is 0.296. The first-order valence-corrected chi connectivity index (χ1v) is 5.95. The number of hydrogen-bond donors (Lipinski definition) is 2. The largest absolute Gasteiger partial charge is 0.481 e. The van der Waals surface area contributed by atoms with E-state index in [0.29, 0.717) is 12.8 Å². The number of carboxylic acid groups (broad SMARTS) is 1. The first kappa shape index (κ1) is 11.0. The monoisotopic (exact) mass is 243 g/mol. The molecule has 0 aromatic carbocycles. The fourth-order valence-electron chi connectivity index (χ4n) is 2.45. The molecular weight excluding hydrogens is 230 g/mol. The number of nitrogens with zero attached hydrogens (tertiary/aromatic N) is 2. The molecule has 0 spiro atoms. The van der Waals surface area contributed by atoms with Gasteiger partial charge in [0.2, 0.25) is 0 Å². The average molecular weight is 243 g/mol. The third-order valence-corrected chi connectivity index (χ3v) is 3.45. The molecule has 2 aromatic heterocycles. The highest BCUT2D eigenvalue weighted by atomic mass is 16.4. The lowest BCUT2D eigenvalue weighted by molar-refractivity contribution is -0.142. The van der Waals surface area contributed by atoms with Crippen LogP contribution in [0.2, 0.25) is 0 Å². The molecule has 3 rings (SSSR count). The number of hydrogen-bond acceptors (Lipinski definition) is 3. The van der Waals surface area contributed by atoms with Crippen LogP contribution in [-0.4, -0.2) is 26.3 Å². The van der Waals surface area contributed by atoms with Gasteiger partial charge in [-0.3, -0.25) is 14.9 Å². The first-order valence-electron chi connectivity index (χ1n) is 5.95. The third kappa shape index (κ3) is 1.77. The van der Waals surface area contributed by atoms with E-state index in [4.69, 9.17) is 5.11 Å². The Bertz CT molecular complexity index is 577. The van der Waals surface area contributed by atoms with Gasteiger partial charge < -0.3 is 5.11 Å². The number of H-pyrrole nitrogens is 1. The molecule has 1 aliphatic rings. The molecule has 0 radical (unpaired) electrons. The summed E-state index contributed by atoms with van der Waals surface area (Å²) in [6, 6.07) is 3.78. The Kier molecular flexibility index (Phi) is 2.59. The van der Waals surface area contributed by atoms with E-state index in [0.717, 1.165) is 28.9 Å². The lowest BCUT2D eigenvalue weighted by Gasteiger charge is -2.18. The molecule has 0 saturated carbocycles. The minimum Gasteiger partial charge on any atom is -0.481 e. The van der Waals surface area contributed by atoms with E-state index in [1.807, 2.05) is 12.1 Å². The molecule has 5 heteroatoms. The number of fused-ring (bicyclic) bond motifs is 1. The molecule has 2 heterocycles. The van der Waals surface area contributed by atoms with Crippen molar-refractivity contribution in [1.82, 2.24) is 15.2 Å². The minimum atomic E-state index is -0.720. The van der Waals surface area contributed by atoms with E-state index in [9.17, 15) is 4.79 Å². The molecule has 0 aliphatic heterocycles. The lowest BCUT2D eigenvalue weighted by Crippen LogP contribution is -2.21. The maximum Gasteiger partial charge on any atom is 0.306 e. The van der Waals surface area contributed by atoms with Crippen LogP contribution in [0.25, 0.3) is 11.3 Å². The van der Waals surface area contributed by atoms with Crippen LogP contribution in [0.15, 0.2) is 24.5 Å². The Balaban J connectivity index is 2.00. The number of aliphatic carboxylic acids is 1. The Labute approximate surface area is 104 Å². The topological polar surface area (TPSA) is 78.9 Å². The van der Waals surface area contributed by atoms with Gasteiger partial charge in [-0.05, 0) is 31.4 Å². The van der Waals surface area contributed by atoms with Gasteiger partial charge in [-0.2, -0.15) is 5.10 Å². The Morgan fingerprint density at radius 1 is 1.39 bits per heavy atom. The van der Waals surface area contributed by atoms with Crippen LogP contribution in [0.3, 0.4) is 0 Å². The van der Waals surface area contributed by atoms with Crippen molar-refractivity contribution in [3.8, 4) is 11.3 Å². The standard InChI is InChI=1S/C13H13N3O2/c17-13(18)9-1-2-11-10(7-9)12(16-15-11)8-3-5-14-6-4-8/h3-6,9H,1-2,7H2,(H,15,16)(H,17,18). The van der Waals surface area contributed by atoms with Gasteiger partial charge in [0.25, 0.3) is 0 Å². The van der Waals surface area contributed by atoms with E-state index in [1.54, 1.807) is 12.4 Å². The van der Waals surface area contributed by atoms with Gasteiger partial charge in [0.1, 0.15) is 0 Å². The second-order valence-electron chi connectivity index (χ2n) is 4.54. The molecule has 18 heavy (non-hydrogen) atoms. The van der Waals surface area contributed by atoms with Crippen molar-refractivity contribution in [1.29, 1.82) is 0 Å². The maximum absolute atomic E-state index is 11.1. The summed E-state index contributed by atoms with van der Waals surface area (Å²) in [5, 5.41) is 16.5. The van der Waals surface area contributed by atoms with E-state index in [-0.39, 0.29) is 5.92 Å². The summed E-state index contributed by atoms with van der Waals surface area (Å²) in [4.78, 5) is 15.1. The summed E-state index contributed by atoms with van der Waals surface area (Å²) in [5.74, 6) is -1.02. The second-order valence-corrected chi connectivity index (χ2v) is 4.54. The lowest BCUT2D eigenvalue weighted by atomic mass is 9.85. The van der Waals surface area contributed by atoms with E-state index >= 15 is 0 Å². The smallest absolute Gasteiger partial charge is 0.306 e. The van der Waals surface area contributed by atoms with Crippen molar-refractivity contribution in [3.63, 3.8) is 0 Å². The van der Waals surface area contributed by atoms with Gasteiger partial charge in [-0.15, -0.1) is 0 Å². The maximum atomic E-state index is 11.1. The SMILES string of the molecule is O=C(O)C1CCc2[nH]nc(-c3ccncc3)c2C1. The predicted molar refractivity (Wildman–Crippen MR) is 65.0 cm³/mol. The fourth-order valence-corrected chi connectivity index (χ4v) is 2.45. The second kappa shape index (κ2) is 4.25. The highest BCUT2D eigenvalue weighted by Gasteiger charge is 2.28. The number of aromatic nitrogens is 3. The highest BCUT2D eigenvalue weighted by molar-refractivity contribution is 5.72. The highest BCUT2D eigenvalue weighted by Crippen LogP contribution is 2.31. The Hall–Kier alpha value is -2.17. The molecule has 0 bridgehead atoms. The third-order valence-electron chi connectivity index (χ3n) is 3.45. The molecule has 5 nitrogen and oxygen atoms in total. The molecular formula is C13H13N3O2. The summed E-state index contributed by atoms with van der Waals surface area (Å²) >= 11 is 0. The van der Waals surface area contributed by atoms with Gasteiger partial charge in [0.05, 0.1) is 11.6 Å². The van der Waals surface area contributed by atoms with Crippen molar-refractivity contribution in [3.05, 3.63) is 35.8 Å². The zero-order chi connectivity index (χ0) is 12.5. The first-order chi connectivity index (χ1) is 8.75. The van der Waals surface area contributed by atoms with Crippen LogP contribution in [0, 0.1) is 5.92 Å². The van der Waals surface area contributed by atoms with Crippen LogP contribution in [0.5, 0.6) is 0 Å². The normalized spacial score (nSPS) is 18.3. The fraction of sp³-hybridized carbons (Fsp3) is 0.308. The van der Waals surface area contributed by atoms with E-state index in [2.05, 4.69) is 15.2 Å². The van der Waals surface area contributed by atoms with Crippen molar-refractivity contribution in [2.45, 2.75) is 19.3 Å². The molecule has 1 aliphatic carbocycles. The number of aromatic amines is 1. The van der Waals surface area contributed by atoms with Gasteiger partial charge in [0.15, 0.2) is 0 Å². The number of aryl methyl sites for hydroxylation is 1. The predicted octanol–water partition coefficient (Wildman–Crippen LogP) is 1.66. The van der Waals surface area contributed by atoms with Crippen LogP contribution in [0.4, 0.5) is 0 Å². The molecule has 0 amide bonds. The molecule has 1 atom stereocenters. The van der Waals surface area contributed by atoms with Crippen LogP contribution >= 0.6 is 0 Å². The molecule has 1 unspecified atom stereocenters. The molecule has 92 valence electrons. The van der Waals surface area contributed by atoms with E-state index < -0.39 is 5.97 Å². The van der Waals surface area contributed by atoms with Crippen LogP contribution in [-0.2, 0) is 17.6 Å². The number of nitrogens with one attached hydrogen (secondary N) is 1. The molecule has 0 fully saturated rings. The zero-order valence-electron chi connectivity index (χ0n) is 9.76. The van der Waals surface area contributed by atoms with Crippen molar-refractivity contribution < 1.29 is 9.90 Å². The van der Waals surface area contributed by atoms with E-state index in [1.165, 1.54) is 0 Å². The van der Waals surface area contributed by atoms with Crippen molar-refractivity contribution >= 4 is 5.97 Å². The van der Waals surface area contributed by atoms with Gasteiger partial charge in [0, 0.05) is 29.2 Å². The number of rotatable bonds is 2. The summed E-state index contributed by atoms with van der Waals surface area (Å²) < 4.78 is 0. The molecule has 2 aromatic rings. The Morgan fingerprint density at radius 2 is 2.17 bits per heavy atom. The average Bonchev–Trinajstić information content (AvgIpc) is 2.82. The van der Waals surface area contributed by atoms with Crippen LogP contribution in [0.1, 0.15) is 17.7 Å². The quantitative estimate of drug-likeness (QED) is 0.840. The summed E-state index contributed by atoms with van der Waals surface area (Å²) in [5.41, 5.74) is 3.95. The number of carbonyl (C=O) groups is 1. The zero-order valence-corrected chi connectivity index (χ0v) is 9.76. The molecule has 2 N–H and O–H groups in total. The van der Waals surface area contributed by atoms with Gasteiger partial charge >= 0.3 is 5.97 Å². The Morgan fingerprint density at radius 3 is 2.89 bits per heavy atom. The number of carboxylic acids is 1. The van der Waals surface area contributed by atoms with Crippen molar-refractivity contribution in [2.24, 2.45) is 5.92 Å². The summed E-state index contributed by atoms with van der Waals surface area (Å²) in [6.07, 6.45) is 5.42. The van der Waals surface area contributed by atoms with Crippen molar-refractivity contribution in [2.75, 3.05) is 0 Å². The molecule has 0 saturated heterocycles. The van der Waals surface area contributed by atoms with Gasteiger partial charge in [-0.25, -0.2) is 0 Å².